The molecule has 0 aromatic carbocycles. The number of nitrogens with zero attached hydrogens (tertiary/aromatic N) is 2. The van der Waals surface area contributed by atoms with Crippen LogP contribution in [0.1, 0.15) is 12.8 Å². The first-order valence-electron chi connectivity index (χ1n) is 5.99. The van der Waals surface area contributed by atoms with E-state index in [-0.39, 0.29) is 11.8 Å². The fourth-order valence-electron chi connectivity index (χ4n) is 2.27. The van der Waals surface area contributed by atoms with Gasteiger partial charge in [0.25, 0.3) is 0 Å². The van der Waals surface area contributed by atoms with E-state index in [2.05, 4.69) is 31.1 Å². The highest BCUT2D eigenvalue weighted by molar-refractivity contribution is 9.10. The Labute approximate surface area is 115 Å². The number of rotatable bonds is 2. The molecule has 1 aromatic heterocycles. The van der Waals surface area contributed by atoms with Gasteiger partial charge in [0.2, 0.25) is 5.91 Å². The van der Waals surface area contributed by atoms with Crippen LogP contribution in [-0.4, -0.2) is 31.0 Å². The smallest absolute Gasteiger partial charge is 0.224 e. The molecule has 0 spiro atoms. The molecular weight excluding hydrogens is 296 g/mol. The number of piperidine rings is 1. The molecule has 98 valence electrons. The number of carbonyl (C=O) groups is 1. The number of halogens is 1. The zero-order valence-electron chi connectivity index (χ0n) is 10.3. The summed E-state index contributed by atoms with van der Waals surface area (Å²) in [4.78, 5) is 18.2. The predicted molar refractivity (Wildman–Crippen MR) is 75.4 cm³/mol. The largest absolute Gasteiger partial charge is 0.397 e. The molecule has 0 radical (unpaired) electrons. The van der Waals surface area contributed by atoms with Crippen molar-refractivity contribution in [2.24, 2.45) is 5.92 Å². The minimum Gasteiger partial charge on any atom is -0.397 e. The SMILES string of the molecule is CNC(=O)C1CCCN(c2ncc(N)cc2Br)C1. The highest BCUT2D eigenvalue weighted by Crippen LogP contribution is 2.29. The van der Waals surface area contributed by atoms with Gasteiger partial charge in [-0.15, -0.1) is 0 Å². The Bertz CT molecular complexity index is 452. The van der Waals surface area contributed by atoms with Gasteiger partial charge in [-0.05, 0) is 34.8 Å². The Morgan fingerprint density at radius 3 is 3.11 bits per heavy atom. The maximum atomic E-state index is 11.7. The maximum absolute atomic E-state index is 11.7. The highest BCUT2D eigenvalue weighted by Gasteiger charge is 2.26. The van der Waals surface area contributed by atoms with Gasteiger partial charge in [-0.25, -0.2) is 4.98 Å². The summed E-state index contributed by atoms with van der Waals surface area (Å²) in [5.74, 6) is 0.999. The molecule has 1 fully saturated rings. The molecule has 2 heterocycles. The van der Waals surface area contributed by atoms with Crippen molar-refractivity contribution in [1.29, 1.82) is 0 Å². The summed E-state index contributed by atoms with van der Waals surface area (Å²) >= 11 is 3.47. The van der Waals surface area contributed by atoms with E-state index in [1.54, 1.807) is 13.2 Å². The Kier molecular flexibility index (Phi) is 4.06. The normalized spacial score (nSPS) is 19.7. The lowest BCUT2D eigenvalue weighted by atomic mass is 9.97. The second-order valence-electron chi connectivity index (χ2n) is 4.47. The average Bonchev–Trinajstić information content (AvgIpc) is 2.38. The van der Waals surface area contributed by atoms with Gasteiger partial charge in [0.05, 0.1) is 22.3 Å². The number of nitrogens with two attached hydrogens (primary N) is 1. The molecule has 1 amide bonds. The molecular formula is C12H17BrN4O. The number of nitrogens with one attached hydrogen (secondary N) is 1. The Hall–Kier alpha value is -1.30. The van der Waals surface area contributed by atoms with Crippen molar-refractivity contribution in [3.05, 3.63) is 16.7 Å². The zero-order valence-corrected chi connectivity index (χ0v) is 11.9. The number of hydrogen-bond acceptors (Lipinski definition) is 4. The molecule has 1 aromatic rings. The predicted octanol–water partition coefficient (Wildman–Crippen LogP) is 1.39. The van der Waals surface area contributed by atoms with Crippen LogP contribution in [0.5, 0.6) is 0 Å². The molecule has 3 N–H and O–H groups in total. The third-order valence-corrected chi connectivity index (χ3v) is 3.76. The second-order valence-corrected chi connectivity index (χ2v) is 5.33. The van der Waals surface area contributed by atoms with E-state index >= 15 is 0 Å². The van der Waals surface area contributed by atoms with E-state index in [0.717, 1.165) is 29.7 Å². The number of anilines is 2. The minimum absolute atomic E-state index is 0.0370. The van der Waals surface area contributed by atoms with Gasteiger partial charge < -0.3 is 16.0 Å². The summed E-state index contributed by atoms with van der Waals surface area (Å²) in [5, 5.41) is 2.71. The van der Waals surface area contributed by atoms with Crippen LogP contribution < -0.4 is 16.0 Å². The van der Waals surface area contributed by atoms with Gasteiger partial charge in [-0.1, -0.05) is 0 Å². The van der Waals surface area contributed by atoms with Crippen LogP contribution in [0.3, 0.4) is 0 Å². The molecule has 1 aliphatic heterocycles. The number of pyridine rings is 1. The summed E-state index contributed by atoms with van der Waals surface area (Å²) in [5.41, 5.74) is 6.31. The van der Waals surface area contributed by atoms with Crippen LogP contribution in [0.2, 0.25) is 0 Å². The lowest BCUT2D eigenvalue weighted by molar-refractivity contribution is -0.124. The topological polar surface area (TPSA) is 71.2 Å². The fraction of sp³-hybridized carbons (Fsp3) is 0.500. The molecule has 0 aliphatic carbocycles. The molecule has 1 unspecified atom stereocenters. The van der Waals surface area contributed by atoms with E-state index in [1.807, 2.05) is 6.07 Å². The van der Waals surface area contributed by atoms with Gasteiger partial charge >= 0.3 is 0 Å². The summed E-state index contributed by atoms with van der Waals surface area (Å²) in [6.45, 7) is 1.62. The van der Waals surface area contributed by atoms with Gasteiger partial charge in [0.15, 0.2) is 0 Å². The monoisotopic (exact) mass is 312 g/mol. The molecule has 1 aliphatic rings. The molecule has 5 nitrogen and oxygen atoms in total. The summed E-state index contributed by atoms with van der Waals surface area (Å²) < 4.78 is 0.875. The van der Waals surface area contributed by atoms with Crippen molar-refractivity contribution < 1.29 is 4.79 Å². The fourth-order valence-corrected chi connectivity index (χ4v) is 2.88. The molecule has 1 saturated heterocycles. The van der Waals surface area contributed by atoms with E-state index in [9.17, 15) is 4.79 Å². The van der Waals surface area contributed by atoms with Crippen molar-refractivity contribution in [3.8, 4) is 0 Å². The van der Waals surface area contributed by atoms with Crippen LogP contribution in [0, 0.1) is 5.92 Å². The van der Waals surface area contributed by atoms with Gasteiger partial charge in [-0.3, -0.25) is 4.79 Å². The molecule has 0 bridgehead atoms. The molecule has 1 atom stereocenters. The highest BCUT2D eigenvalue weighted by atomic mass is 79.9. The van der Waals surface area contributed by atoms with Crippen LogP contribution >= 0.6 is 15.9 Å². The number of carbonyl (C=O) groups excluding carboxylic acids is 1. The van der Waals surface area contributed by atoms with Crippen LogP contribution in [0.15, 0.2) is 16.7 Å². The second kappa shape index (κ2) is 5.56. The van der Waals surface area contributed by atoms with Gasteiger partial charge in [0.1, 0.15) is 5.82 Å². The van der Waals surface area contributed by atoms with E-state index < -0.39 is 0 Å². The lowest BCUT2D eigenvalue weighted by Crippen LogP contribution is -2.42. The van der Waals surface area contributed by atoms with E-state index in [4.69, 9.17) is 5.73 Å². The molecule has 6 heteroatoms. The Balaban J connectivity index is 2.15. The summed E-state index contributed by atoms with van der Waals surface area (Å²) in [6.07, 6.45) is 3.57. The number of aromatic nitrogens is 1. The summed E-state index contributed by atoms with van der Waals surface area (Å²) in [6, 6.07) is 1.84. The van der Waals surface area contributed by atoms with Crippen molar-refractivity contribution in [2.45, 2.75) is 12.8 Å². The average molecular weight is 313 g/mol. The maximum Gasteiger partial charge on any atom is 0.224 e. The standard InChI is InChI=1S/C12H17BrN4O/c1-15-12(18)8-3-2-4-17(7-8)11-10(13)5-9(14)6-16-11/h5-6,8H,2-4,7,14H2,1H3,(H,15,18). The van der Waals surface area contributed by atoms with Crippen LogP contribution in [-0.2, 0) is 4.79 Å². The first kappa shape index (κ1) is 13.1. The van der Waals surface area contributed by atoms with Crippen LogP contribution in [0.4, 0.5) is 11.5 Å². The zero-order chi connectivity index (χ0) is 13.1. The molecule has 18 heavy (non-hydrogen) atoms. The molecule has 2 rings (SSSR count). The quantitative estimate of drug-likeness (QED) is 0.865. The Morgan fingerprint density at radius 2 is 2.44 bits per heavy atom. The van der Waals surface area contributed by atoms with Crippen molar-refractivity contribution in [3.63, 3.8) is 0 Å². The minimum atomic E-state index is 0.0370. The number of amides is 1. The summed E-state index contributed by atoms with van der Waals surface area (Å²) in [7, 11) is 1.68. The Morgan fingerprint density at radius 1 is 1.67 bits per heavy atom. The van der Waals surface area contributed by atoms with Crippen molar-refractivity contribution >= 4 is 33.3 Å². The van der Waals surface area contributed by atoms with Gasteiger partial charge in [0, 0.05) is 20.1 Å². The third-order valence-electron chi connectivity index (χ3n) is 3.18. The first-order valence-corrected chi connectivity index (χ1v) is 6.78. The van der Waals surface area contributed by atoms with E-state index in [0.29, 0.717) is 12.2 Å². The van der Waals surface area contributed by atoms with Crippen molar-refractivity contribution in [2.75, 3.05) is 30.8 Å². The van der Waals surface area contributed by atoms with Crippen molar-refractivity contribution in [1.82, 2.24) is 10.3 Å². The number of hydrogen-bond donors (Lipinski definition) is 2. The van der Waals surface area contributed by atoms with Crippen LogP contribution in [0.25, 0.3) is 0 Å². The molecule has 0 saturated carbocycles. The third kappa shape index (κ3) is 2.75. The lowest BCUT2D eigenvalue weighted by Gasteiger charge is -2.33. The first-order chi connectivity index (χ1) is 8.61. The number of nitrogen functional groups attached to an aromatic ring is 1. The van der Waals surface area contributed by atoms with E-state index in [1.165, 1.54) is 0 Å². The van der Waals surface area contributed by atoms with Gasteiger partial charge in [-0.2, -0.15) is 0 Å².